The SMILES string of the molecule is CCN(CC)Cc1cccc(NC(=O)/C=C/c2ccc(OC(F)F)c(OC)c2)c1. The van der Waals surface area contributed by atoms with Crippen LogP contribution >= 0.6 is 0 Å². The quantitative estimate of drug-likeness (QED) is 0.579. The monoisotopic (exact) mass is 404 g/mol. The third-order valence-corrected chi connectivity index (χ3v) is 4.33. The Balaban J connectivity index is 2.02. The molecule has 0 unspecified atom stereocenters. The number of benzene rings is 2. The van der Waals surface area contributed by atoms with Crippen molar-refractivity contribution in [1.29, 1.82) is 0 Å². The van der Waals surface area contributed by atoms with Crippen LogP contribution in [0.3, 0.4) is 0 Å². The number of methoxy groups -OCH3 is 1. The Hall–Kier alpha value is -2.93. The Labute approximate surface area is 169 Å². The van der Waals surface area contributed by atoms with E-state index < -0.39 is 6.61 Å². The van der Waals surface area contributed by atoms with Gasteiger partial charge in [0.25, 0.3) is 0 Å². The molecule has 0 fully saturated rings. The van der Waals surface area contributed by atoms with Crippen molar-refractivity contribution in [2.45, 2.75) is 27.0 Å². The molecule has 7 heteroatoms. The molecule has 0 spiro atoms. The van der Waals surface area contributed by atoms with E-state index in [0.29, 0.717) is 11.3 Å². The summed E-state index contributed by atoms with van der Waals surface area (Å²) in [5.41, 5.74) is 2.45. The molecule has 29 heavy (non-hydrogen) atoms. The van der Waals surface area contributed by atoms with Gasteiger partial charge in [-0.1, -0.05) is 32.0 Å². The molecule has 0 aliphatic rings. The van der Waals surface area contributed by atoms with Crippen LogP contribution in [-0.4, -0.2) is 37.6 Å². The maximum atomic E-state index is 12.4. The number of hydrogen-bond acceptors (Lipinski definition) is 4. The zero-order chi connectivity index (χ0) is 21.2. The first kappa shape index (κ1) is 22.4. The number of nitrogens with one attached hydrogen (secondary N) is 1. The second-order valence-electron chi connectivity index (χ2n) is 6.27. The molecular formula is C22H26F2N2O3. The first-order chi connectivity index (χ1) is 13.9. The van der Waals surface area contributed by atoms with E-state index >= 15 is 0 Å². The van der Waals surface area contributed by atoms with Crippen LogP contribution in [0.15, 0.2) is 48.5 Å². The van der Waals surface area contributed by atoms with Crippen molar-refractivity contribution in [2.75, 3.05) is 25.5 Å². The predicted molar refractivity (Wildman–Crippen MR) is 110 cm³/mol. The summed E-state index contributed by atoms with van der Waals surface area (Å²) in [6, 6.07) is 12.2. The van der Waals surface area contributed by atoms with Crippen LogP contribution < -0.4 is 14.8 Å². The fourth-order valence-corrected chi connectivity index (χ4v) is 2.79. The van der Waals surface area contributed by atoms with Gasteiger partial charge in [-0.05, 0) is 54.6 Å². The minimum atomic E-state index is -2.94. The highest BCUT2D eigenvalue weighted by atomic mass is 19.3. The lowest BCUT2D eigenvalue weighted by Crippen LogP contribution is -2.22. The van der Waals surface area contributed by atoms with Crippen LogP contribution in [-0.2, 0) is 11.3 Å². The first-order valence-corrected chi connectivity index (χ1v) is 9.38. The summed E-state index contributed by atoms with van der Waals surface area (Å²) < 4.78 is 34.2. The summed E-state index contributed by atoms with van der Waals surface area (Å²) in [4.78, 5) is 14.5. The van der Waals surface area contributed by atoms with Gasteiger partial charge in [-0.25, -0.2) is 0 Å². The lowest BCUT2D eigenvalue weighted by atomic mass is 10.1. The van der Waals surface area contributed by atoms with Crippen LogP contribution in [0.5, 0.6) is 11.5 Å². The number of amides is 1. The average Bonchev–Trinajstić information content (AvgIpc) is 2.71. The fraction of sp³-hybridized carbons (Fsp3) is 0.318. The molecule has 0 saturated carbocycles. The molecule has 1 N–H and O–H groups in total. The highest BCUT2D eigenvalue weighted by molar-refractivity contribution is 6.02. The van der Waals surface area contributed by atoms with Crippen molar-refractivity contribution in [1.82, 2.24) is 4.90 Å². The maximum Gasteiger partial charge on any atom is 0.387 e. The second-order valence-corrected chi connectivity index (χ2v) is 6.27. The fourth-order valence-electron chi connectivity index (χ4n) is 2.79. The van der Waals surface area contributed by atoms with Gasteiger partial charge in [0.15, 0.2) is 11.5 Å². The molecule has 2 aromatic carbocycles. The standard InChI is InChI=1S/C22H26F2N2O3/c1-4-26(5-2)15-17-7-6-8-18(13-17)25-21(27)12-10-16-9-11-19(29-22(23)24)20(14-16)28-3/h6-14,22H,4-5,15H2,1-3H3,(H,25,27)/b12-10+. The van der Waals surface area contributed by atoms with E-state index in [-0.39, 0.29) is 17.4 Å². The van der Waals surface area contributed by atoms with Gasteiger partial charge < -0.3 is 14.8 Å². The van der Waals surface area contributed by atoms with E-state index in [1.54, 1.807) is 12.1 Å². The molecule has 0 bridgehead atoms. The van der Waals surface area contributed by atoms with Crippen molar-refractivity contribution >= 4 is 17.7 Å². The lowest BCUT2D eigenvalue weighted by Gasteiger charge is -2.18. The zero-order valence-electron chi connectivity index (χ0n) is 16.8. The minimum Gasteiger partial charge on any atom is -0.493 e. The van der Waals surface area contributed by atoms with Gasteiger partial charge in [-0.3, -0.25) is 9.69 Å². The molecular weight excluding hydrogens is 378 g/mol. The number of alkyl halides is 2. The minimum absolute atomic E-state index is 0.0610. The topological polar surface area (TPSA) is 50.8 Å². The number of halogens is 2. The van der Waals surface area contributed by atoms with E-state index in [1.807, 2.05) is 24.3 Å². The van der Waals surface area contributed by atoms with Crippen LogP contribution in [0.1, 0.15) is 25.0 Å². The van der Waals surface area contributed by atoms with Gasteiger partial charge in [0.05, 0.1) is 7.11 Å². The first-order valence-electron chi connectivity index (χ1n) is 9.38. The van der Waals surface area contributed by atoms with Crippen molar-refractivity contribution in [3.63, 3.8) is 0 Å². The van der Waals surface area contributed by atoms with E-state index in [4.69, 9.17) is 4.74 Å². The highest BCUT2D eigenvalue weighted by Crippen LogP contribution is 2.29. The van der Waals surface area contributed by atoms with Crippen molar-refractivity contribution < 1.29 is 23.0 Å². The molecule has 0 heterocycles. The summed E-state index contributed by atoms with van der Waals surface area (Å²) in [7, 11) is 1.36. The zero-order valence-corrected chi connectivity index (χ0v) is 16.8. The molecule has 1 amide bonds. The molecule has 2 rings (SSSR count). The average molecular weight is 404 g/mol. The van der Waals surface area contributed by atoms with Gasteiger partial charge in [0, 0.05) is 18.3 Å². The van der Waals surface area contributed by atoms with E-state index in [9.17, 15) is 13.6 Å². The van der Waals surface area contributed by atoms with E-state index in [1.165, 1.54) is 25.3 Å². The largest absolute Gasteiger partial charge is 0.493 e. The van der Waals surface area contributed by atoms with Crippen LogP contribution in [0.4, 0.5) is 14.5 Å². The van der Waals surface area contributed by atoms with Gasteiger partial charge >= 0.3 is 6.61 Å². The van der Waals surface area contributed by atoms with Crippen molar-refractivity contribution in [2.24, 2.45) is 0 Å². The van der Waals surface area contributed by atoms with Gasteiger partial charge in [-0.2, -0.15) is 8.78 Å². The Morgan fingerprint density at radius 2 is 1.90 bits per heavy atom. The Bertz CT molecular complexity index is 837. The summed E-state index contributed by atoms with van der Waals surface area (Å²) in [6.07, 6.45) is 2.95. The summed E-state index contributed by atoms with van der Waals surface area (Å²) in [6.45, 7) is 4.02. The van der Waals surface area contributed by atoms with E-state index in [2.05, 4.69) is 28.8 Å². The number of carbonyl (C=O) groups is 1. The number of nitrogens with zero attached hydrogens (tertiary/aromatic N) is 1. The third kappa shape index (κ3) is 7.19. The number of anilines is 1. The molecule has 0 atom stereocenters. The molecule has 0 aliphatic carbocycles. The van der Waals surface area contributed by atoms with Gasteiger partial charge in [0.2, 0.25) is 5.91 Å². The van der Waals surface area contributed by atoms with Crippen LogP contribution in [0, 0.1) is 0 Å². The van der Waals surface area contributed by atoms with Crippen LogP contribution in [0.25, 0.3) is 6.08 Å². The summed E-state index contributed by atoms with van der Waals surface area (Å²) in [5.74, 6) is -0.192. The Morgan fingerprint density at radius 3 is 2.55 bits per heavy atom. The van der Waals surface area contributed by atoms with Gasteiger partial charge in [0.1, 0.15) is 0 Å². The van der Waals surface area contributed by atoms with Gasteiger partial charge in [-0.15, -0.1) is 0 Å². The van der Waals surface area contributed by atoms with Crippen molar-refractivity contribution in [3.05, 3.63) is 59.7 Å². The van der Waals surface area contributed by atoms with E-state index in [0.717, 1.165) is 25.2 Å². The number of hydrogen-bond donors (Lipinski definition) is 1. The number of rotatable bonds is 10. The second kappa shape index (κ2) is 11.2. The predicted octanol–water partition coefficient (Wildman–Crippen LogP) is 4.79. The number of carbonyl (C=O) groups excluding carboxylic acids is 1. The lowest BCUT2D eigenvalue weighted by molar-refractivity contribution is -0.111. The van der Waals surface area contributed by atoms with Crippen LogP contribution in [0.2, 0.25) is 0 Å². The molecule has 5 nitrogen and oxygen atoms in total. The maximum absolute atomic E-state index is 12.4. The normalized spacial score (nSPS) is 11.3. The summed E-state index contributed by atoms with van der Waals surface area (Å²) in [5, 5.41) is 2.83. The Morgan fingerprint density at radius 1 is 1.14 bits per heavy atom. The molecule has 0 radical (unpaired) electrons. The molecule has 0 aromatic heterocycles. The highest BCUT2D eigenvalue weighted by Gasteiger charge is 2.10. The Kier molecular flexibility index (Phi) is 8.61. The smallest absolute Gasteiger partial charge is 0.387 e. The third-order valence-electron chi connectivity index (χ3n) is 4.33. The molecule has 0 saturated heterocycles. The molecule has 2 aromatic rings. The van der Waals surface area contributed by atoms with Crippen molar-refractivity contribution in [3.8, 4) is 11.5 Å². The summed E-state index contributed by atoms with van der Waals surface area (Å²) >= 11 is 0. The molecule has 0 aliphatic heterocycles. The number of ether oxygens (including phenoxy) is 2. The molecule has 156 valence electrons.